The van der Waals surface area contributed by atoms with Crippen molar-refractivity contribution in [3.63, 3.8) is 0 Å². The average Bonchev–Trinajstić information content (AvgIpc) is 3.05. The molecular weight excluding hydrogens is 335 g/mol. The predicted molar refractivity (Wildman–Crippen MR) is 95.1 cm³/mol. The number of amides is 1. The van der Waals surface area contributed by atoms with Gasteiger partial charge in [-0.2, -0.15) is 0 Å². The maximum absolute atomic E-state index is 12.9. The first-order chi connectivity index (χ1) is 12.6. The summed E-state index contributed by atoms with van der Waals surface area (Å²) in [7, 11) is 1.59. The molecule has 0 radical (unpaired) electrons. The molecule has 0 aliphatic carbocycles. The minimum atomic E-state index is -0.293. The number of ether oxygens (including phenoxy) is 1. The van der Waals surface area contributed by atoms with Crippen molar-refractivity contribution in [3.05, 3.63) is 71.3 Å². The molecule has 1 N–H and O–H groups in total. The van der Waals surface area contributed by atoms with E-state index < -0.39 is 0 Å². The van der Waals surface area contributed by atoms with E-state index in [1.54, 1.807) is 30.8 Å². The van der Waals surface area contributed by atoms with Gasteiger partial charge in [-0.25, -0.2) is 9.07 Å². The van der Waals surface area contributed by atoms with Gasteiger partial charge >= 0.3 is 0 Å². The van der Waals surface area contributed by atoms with Crippen LogP contribution in [0.4, 0.5) is 4.39 Å². The lowest BCUT2D eigenvalue weighted by Gasteiger charge is -2.06. The standard InChI is InChI=1S/C19H19FN4O2/c1-13-18(19(25)21-11-10-14-6-8-15(20)9-7-14)22-23-24(13)16-4-3-5-17(12-16)26-2/h3-9,12H,10-11H2,1-2H3,(H,21,25). The van der Waals surface area contributed by atoms with Gasteiger partial charge in [0.2, 0.25) is 0 Å². The highest BCUT2D eigenvalue weighted by molar-refractivity contribution is 5.93. The summed E-state index contributed by atoms with van der Waals surface area (Å²) in [5, 5.41) is 10.9. The van der Waals surface area contributed by atoms with E-state index in [4.69, 9.17) is 4.74 Å². The molecule has 0 aliphatic heterocycles. The Morgan fingerprint density at radius 1 is 1.23 bits per heavy atom. The van der Waals surface area contributed by atoms with Crippen LogP contribution in [0.2, 0.25) is 0 Å². The van der Waals surface area contributed by atoms with E-state index in [-0.39, 0.29) is 17.4 Å². The number of hydrogen-bond donors (Lipinski definition) is 1. The maximum atomic E-state index is 12.9. The van der Waals surface area contributed by atoms with Crippen LogP contribution in [0.5, 0.6) is 5.75 Å². The molecular formula is C19H19FN4O2. The van der Waals surface area contributed by atoms with Crippen molar-refractivity contribution in [1.82, 2.24) is 20.3 Å². The van der Waals surface area contributed by atoms with E-state index in [0.29, 0.717) is 24.4 Å². The fourth-order valence-electron chi connectivity index (χ4n) is 2.58. The number of hydrogen-bond acceptors (Lipinski definition) is 4. The Morgan fingerprint density at radius 3 is 2.73 bits per heavy atom. The molecule has 0 aliphatic rings. The van der Waals surface area contributed by atoms with E-state index in [9.17, 15) is 9.18 Å². The van der Waals surface area contributed by atoms with Crippen molar-refractivity contribution in [3.8, 4) is 11.4 Å². The zero-order chi connectivity index (χ0) is 18.5. The van der Waals surface area contributed by atoms with E-state index >= 15 is 0 Å². The summed E-state index contributed by atoms with van der Waals surface area (Å²) in [5.41, 5.74) is 2.62. The number of nitrogens with one attached hydrogen (secondary N) is 1. The molecule has 3 aromatic rings. The first-order valence-electron chi connectivity index (χ1n) is 8.18. The first kappa shape index (κ1) is 17.6. The summed E-state index contributed by atoms with van der Waals surface area (Å²) in [6.07, 6.45) is 0.606. The number of benzene rings is 2. The third kappa shape index (κ3) is 3.88. The van der Waals surface area contributed by atoms with Crippen LogP contribution in [0.3, 0.4) is 0 Å². The Balaban J connectivity index is 1.66. The first-order valence-corrected chi connectivity index (χ1v) is 8.18. The predicted octanol–water partition coefficient (Wildman–Crippen LogP) is 2.70. The molecule has 0 spiro atoms. The van der Waals surface area contributed by atoms with Gasteiger partial charge in [-0.15, -0.1) is 5.10 Å². The number of halogens is 1. The summed E-state index contributed by atoms with van der Waals surface area (Å²) in [6.45, 7) is 2.21. The second kappa shape index (κ2) is 7.77. The van der Waals surface area contributed by atoms with Crippen LogP contribution >= 0.6 is 0 Å². The van der Waals surface area contributed by atoms with Crippen LogP contribution < -0.4 is 10.1 Å². The second-order valence-corrected chi connectivity index (χ2v) is 5.77. The monoisotopic (exact) mass is 354 g/mol. The van der Waals surface area contributed by atoms with E-state index in [2.05, 4.69) is 15.6 Å². The molecule has 0 unspecified atom stereocenters. The summed E-state index contributed by atoms with van der Waals surface area (Å²) in [4.78, 5) is 12.4. The van der Waals surface area contributed by atoms with Gasteiger partial charge < -0.3 is 10.1 Å². The molecule has 0 atom stereocenters. The fourth-order valence-corrected chi connectivity index (χ4v) is 2.58. The third-order valence-electron chi connectivity index (χ3n) is 4.02. The quantitative estimate of drug-likeness (QED) is 0.739. The van der Waals surface area contributed by atoms with Gasteiger partial charge in [0.15, 0.2) is 5.69 Å². The van der Waals surface area contributed by atoms with Gasteiger partial charge in [0.25, 0.3) is 5.91 Å². The van der Waals surface area contributed by atoms with E-state index in [0.717, 1.165) is 11.3 Å². The molecule has 2 aromatic carbocycles. The number of rotatable bonds is 6. The SMILES string of the molecule is COc1cccc(-n2nnc(C(=O)NCCc3ccc(F)cc3)c2C)c1. The van der Waals surface area contributed by atoms with E-state index in [1.807, 2.05) is 24.3 Å². The highest BCUT2D eigenvalue weighted by atomic mass is 19.1. The molecule has 1 aromatic heterocycles. The normalized spacial score (nSPS) is 10.6. The van der Waals surface area contributed by atoms with Crippen LogP contribution in [-0.2, 0) is 6.42 Å². The number of aromatic nitrogens is 3. The zero-order valence-electron chi connectivity index (χ0n) is 14.6. The molecule has 6 nitrogen and oxygen atoms in total. The van der Waals surface area contributed by atoms with Gasteiger partial charge in [0, 0.05) is 12.6 Å². The lowest BCUT2D eigenvalue weighted by molar-refractivity contribution is 0.0948. The van der Waals surface area contributed by atoms with Crippen molar-refractivity contribution >= 4 is 5.91 Å². The van der Waals surface area contributed by atoms with Crippen LogP contribution in [0.1, 0.15) is 21.7 Å². The van der Waals surface area contributed by atoms with Crippen molar-refractivity contribution < 1.29 is 13.9 Å². The van der Waals surface area contributed by atoms with Gasteiger partial charge in [0.1, 0.15) is 11.6 Å². The highest BCUT2D eigenvalue weighted by Gasteiger charge is 2.17. The maximum Gasteiger partial charge on any atom is 0.273 e. The van der Waals surface area contributed by atoms with E-state index in [1.165, 1.54) is 12.1 Å². The lowest BCUT2D eigenvalue weighted by Crippen LogP contribution is -2.26. The minimum absolute atomic E-state index is 0.270. The molecule has 0 saturated carbocycles. The Morgan fingerprint density at radius 2 is 2.00 bits per heavy atom. The number of methoxy groups -OCH3 is 1. The summed E-state index contributed by atoms with van der Waals surface area (Å²) < 4.78 is 19.7. The summed E-state index contributed by atoms with van der Waals surface area (Å²) >= 11 is 0. The Bertz CT molecular complexity index is 906. The molecule has 0 saturated heterocycles. The van der Waals surface area contributed by atoms with Gasteiger partial charge in [-0.05, 0) is 43.2 Å². The van der Waals surface area contributed by atoms with Crippen LogP contribution in [0, 0.1) is 12.7 Å². The number of carbonyl (C=O) groups is 1. The molecule has 3 rings (SSSR count). The molecule has 0 bridgehead atoms. The fraction of sp³-hybridized carbons (Fsp3) is 0.211. The Kier molecular flexibility index (Phi) is 5.26. The topological polar surface area (TPSA) is 69.0 Å². The number of carbonyl (C=O) groups excluding carboxylic acids is 1. The lowest BCUT2D eigenvalue weighted by atomic mass is 10.1. The van der Waals surface area contributed by atoms with Crippen molar-refractivity contribution in [2.45, 2.75) is 13.3 Å². The van der Waals surface area contributed by atoms with Crippen molar-refractivity contribution in [2.75, 3.05) is 13.7 Å². The third-order valence-corrected chi connectivity index (χ3v) is 4.02. The Hall–Kier alpha value is -3.22. The highest BCUT2D eigenvalue weighted by Crippen LogP contribution is 2.18. The van der Waals surface area contributed by atoms with Crippen molar-refractivity contribution in [2.24, 2.45) is 0 Å². The summed E-state index contributed by atoms with van der Waals surface area (Å²) in [5.74, 6) is 0.129. The summed E-state index contributed by atoms with van der Waals surface area (Å²) in [6, 6.07) is 13.6. The molecule has 0 fully saturated rings. The second-order valence-electron chi connectivity index (χ2n) is 5.77. The average molecular weight is 354 g/mol. The molecule has 7 heteroatoms. The van der Waals surface area contributed by atoms with Crippen molar-refractivity contribution in [1.29, 1.82) is 0 Å². The molecule has 26 heavy (non-hydrogen) atoms. The largest absolute Gasteiger partial charge is 0.497 e. The smallest absolute Gasteiger partial charge is 0.273 e. The Labute approximate surface area is 150 Å². The minimum Gasteiger partial charge on any atom is -0.497 e. The molecule has 1 heterocycles. The van der Waals surface area contributed by atoms with Crippen LogP contribution in [-0.4, -0.2) is 34.6 Å². The van der Waals surface area contributed by atoms with Gasteiger partial charge in [-0.3, -0.25) is 4.79 Å². The molecule has 134 valence electrons. The number of nitrogens with zero attached hydrogens (tertiary/aromatic N) is 3. The molecule has 1 amide bonds. The zero-order valence-corrected chi connectivity index (χ0v) is 14.6. The van der Waals surface area contributed by atoms with Crippen LogP contribution in [0.15, 0.2) is 48.5 Å². The van der Waals surface area contributed by atoms with Gasteiger partial charge in [-0.1, -0.05) is 23.4 Å². The van der Waals surface area contributed by atoms with Gasteiger partial charge in [0.05, 0.1) is 18.5 Å². The van der Waals surface area contributed by atoms with Crippen LogP contribution in [0.25, 0.3) is 5.69 Å².